The van der Waals surface area contributed by atoms with Crippen molar-refractivity contribution in [1.82, 2.24) is 5.32 Å². The van der Waals surface area contributed by atoms with Crippen molar-refractivity contribution >= 4 is 17.7 Å². The van der Waals surface area contributed by atoms with Crippen LogP contribution in [0, 0.1) is 0 Å². The molecule has 0 fully saturated rings. The maximum Gasteiger partial charge on any atom is 0.305 e. The van der Waals surface area contributed by atoms with Crippen molar-refractivity contribution in [2.24, 2.45) is 0 Å². The lowest BCUT2D eigenvalue weighted by molar-refractivity contribution is -0.141. The molecule has 120 valence electrons. The van der Waals surface area contributed by atoms with Gasteiger partial charge >= 0.3 is 5.97 Å². The summed E-state index contributed by atoms with van der Waals surface area (Å²) in [7, 11) is 4.21. The predicted octanol–water partition coefficient (Wildman–Crippen LogP) is 0.956. The summed E-state index contributed by atoms with van der Waals surface area (Å²) in [5.74, 6) is -0.197. The first-order valence-electron chi connectivity index (χ1n) is 6.60. The van der Waals surface area contributed by atoms with E-state index >= 15 is 0 Å². The van der Waals surface area contributed by atoms with Gasteiger partial charge in [-0.25, -0.2) is 0 Å². The molecule has 0 aliphatic heterocycles. The third-order valence-electron chi connectivity index (χ3n) is 2.90. The molecule has 0 aliphatic carbocycles. The summed E-state index contributed by atoms with van der Waals surface area (Å²) in [4.78, 5) is 34.5. The number of Topliss-reactive ketones (excluding diaryl/α,β-unsaturated/α-hetero) is 1. The van der Waals surface area contributed by atoms with Gasteiger partial charge in [0, 0.05) is 18.1 Å². The molecular formula is C15H19NO6. The van der Waals surface area contributed by atoms with Crippen LogP contribution in [0.3, 0.4) is 0 Å². The highest BCUT2D eigenvalue weighted by Crippen LogP contribution is 2.22. The fourth-order valence-corrected chi connectivity index (χ4v) is 1.65. The maximum absolute atomic E-state index is 12.0. The van der Waals surface area contributed by atoms with Crippen LogP contribution in [0.25, 0.3) is 0 Å². The van der Waals surface area contributed by atoms with Crippen molar-refractivity contribution in [3.05, 3.63) is 23.8 Å². The van der Waals surface area contributed by atoms with Crippen LogP contribution >= 0.6 is 0 Å². The molecule has 0 aromatic heterocycles. The normalized spacial score (nSPS) is 9.77. The second-order valence-corrected chi connectivity index (χ2v) is 4.40. The summed E-state index contributed by atoms with van der Waals surface area (Å²) in [6, 6.07) is 4.71. The number of hydrogen-bond donors (Lipinski definition) is 1. The third kappa shape index (κ3) is 5.43. The van der Waals surface area contributed by atoms with Gasteiger partial charge in [-0.1, -0.05) is 0 Å². The monoisotopic (exact) mass is 309 g/mol. The highest BCUT2D eigenvalue weighted by molar-refractivity contribution is 5.97. The Balaban J connectivity index is 2.58. The number of carbonyl (C=O) groups excluding carboxylic acids is 3. The number of carbonyl (C=O) groups is 3. The van der Waals surface area contributed by atoms with E-state index in [4.69, 9.17) is 9.47 Å². The molecule has 1 rings (SSSR count). The fraction of sp³-hybridized carbons (Fsp3) is 0.400. The minimum absolute atomic E-state index is 0.00180. The van der Waals surface area contributed by atoms with Crippen LogP contribution in [0.5, 0.6) is 11.5 Å². The number of benzene rings is 1. The van der Waals surface area contributed by atoms with Crippen LogP contribution in [-0.4, -0.2) is 45.5 Å². The number of hydrogen-bond acceptors (Lipinski definition) is 6. The van der Waals surface area contributed by atoms with E-state index in [1.807, 2.05) is 0 Å². The first-order chi connectivity index (χ1) is 10.5. The Kier molecular flexibility index (Phi) is 6.88. The molecule has 0 spiro atoms. The van der Waals surface area contributed by atoms with Crippen LogP contribution < -0.4 is 14.8 Å². The van der Waals surface area contributed by atoms with Gasteiger partial charge in [0.25, 0.3) is 5.91 Å². The summed E-state index contributed by atoms with van der Waals surface area (Å²) < 4.78 is 14.6. The highest BCUT2D eigenvalue weighted by atomic mass is 16.5. The lowest BCUT2D eigenvalue weighted by Gasteiger charge is -2.09. The summed E-state index contributed by atoms with van der Waals surface area (Å²) in [6.07, 6.45) is 0.0204. The van der Waals surface area contributed by atoms with Crippen molar-refractivity contribution in [1.29, 1.82) is 0 Å². The Bertz CT molecular complexity index is 533. The van der Waals surface area contributed by atoms with Gasteiger partial charge in [-0.2, -0.15) is 0 Å². The van der Waals surface area contributed by atoms with E-state index in [1.165, 1.54) is 33.5 Å². The molecular weight excluding hydrogens is 290 g/mol. The molecule has 0 unspecified atom stereocenters. The maximum atomic E-state index is 12.0. The molecule has 1 amide bonds. The Labute approximate surface area is 128 Å². The van der Waals surface area contributed by atoms with Crippen LogP contribution in [0.2, 0.25) is 0 Å². The van der Waals surface area contributed by atoms with Gasteiger partial charge in [0.1, 0.15) is 11.5 Å². The van der Waals surface area contributed by atoms with Gasteiger partial charge < -0.3 is 19.5 Å². The topological polar surface area (TPSA) is 90.9 Å². The van der Waals surface area contributed by atoms with E-state index in [-0.39, 0.29) is 25.2 Å². The molecule has 0 atom stereocenters. The average molecular weight is 309 g/mol. The second kappa shape index (κ2) is 8.66. The van der Waals surface area contributed by atoms with Gasteiger partial charge in [0.15, 0.2) is 5.78 Å². The predicted molar refractivity (Wildman–Crippen MR) is 78.1 cm³/mol. The largest absolute Gasteiger partial charge is 0.497 e. The molecule has 7 heteroatoms. The van der Waals surface area contributed by atoms with Crippen molar-refractivity contribution < 1.29 is 28.6 Å². The van der Waals surface area contributed by atoms with Gasteiger partial charge in [-0.3, -0.25) is 14.4 Å². The van der Waals surface area contributed by atoms with Crippen LogP contribution in [0.1, 0.15) is 23.2 Å². The first kappa shape index (κ1) is 17.5. The van der Waals surface area contributed by atoms with E-state index < -0.39 is 11.9 Å². The SMILES string of the molecule is COC(=O)CCC(=O)CNC(=O)c1cc(OC)cc(OC)c1. The van der Waals surface area contributed by atoms with Gasteiger partial charge in [0.2, 0.25) is 0 Å². The fourth-order valence-electron chi connectivity index (χ4n) is 1.65. The van der Waals surface area contributed by atoms with E-state index in [9.17, 15) is 14.4 Å². The molecule has 0 saturated heterocycles. The minimum atomic E-state index is -0.461. The van der Waals surface area contributed by atoms with Crippen molar-refractivity contribution in [3.63, 3.8) is 0 Å². The Morgan fingerprint density at radius 1 is 0.955 bits per heavy atom. The zero-order valence-corrected chi connectivity index (χ0v) is 12.8. The second-order valence-electron chi connectivity index (χ2n) is 4.40. The summed E-state index contributed by atoms with van der Waals surface area (Å²) in [5, 5.41) is 2.49. The summed E-state index contributed by atoms with van der Waals surface area (Å²) in [6.45, 7) is -0.157. The number of rotatable bonds is 8. The van der Waals surface area contributed by atoms with Crippen LogP contribution in [-0.2, 0) is 14.3 Å². The van der Waals surface area contributed by atoms with Crippen molar-refractivity contribution in [2.45, 2.75) is 12.8 Å². The molecule has 1 aromatic carbocycles. The molecule has 0 aliphatic rings. The molecule has 0 saturated carbocycles. The number of methoxy groups -OCH3 is 3. The number of ketones is 1. The van der Waals surface area contributed by atoms with Gasteiger partial charge in [-0.15, -0.1) is 0 Å². The average Bonchev–Trinajstić information content (AvgIpc) is 2.56. The molecule has 7 nitrogen and oxygen atoms in total. The molecule has 22 heavy (non-hydrogen) atoms. The van der Waals surface area contributed by atoms with E-state index in [1.54, 1.807) is 6.07 Å². The third-order valence-corrected chi connectivity index (χ3v) is 2.90. The van der Waals surface area contributed by atoms with Crippen molar-refractivity contribution in [3.8, 4) is 11.5 Å². The standard InChI is InChI=1S/C15H19NO6/c1-20-12-6-10(7-13(8-12)21-2)15(19)16-9-11(17)4-5-14(18)22-3/h6-8H,4-5,9H2,1-3H3,(H,16,19). The number of esters is 1. The Morgan fingerprint density at radius 3 is 2.05 bits per heavy atom. The zero-order chi connectivity index (χ0) is 16.5. The molecule has 0 bridgehead atoms. The lowest BCUT2D eigenvalue weighted by Crippen LogP contribution is -2.29. The zero-order valence-electron chi connectivity index (χ0n) is 12.8. The van der Waals surface area contributed by atoms with Gasteiger partial charge in [0.05, 0.1) is 34.3 Å². The Morgan fingerprint density at radius 2 is 1.55 bits per heavy atom. The Hall–Kier alpha value is -2.57. The molecule has 1 N–H and O–H groups in total. The summed E-state index contributed by atoms with van der Waals surface area (Å²) >= 11 is 0. The van der Waals surface area contributed by atoms with Crippen LogP contribution in [0.15, 0.2) is 18.2 Å². The number of ether oxygens (including phenoxy) is 3. The lowest BCUT2D eigenvalue weighted by atomic mass is 10.1. The molecule has 0 heterocycles. The van der Waals surface area contributed by atoms with Crippen LogP contribution in [0.4, 0.5) is 0 Å². The van der Waals surface area contributed by atoms with Gasteiger partial charge in [-0.05, 0) is 12.1 Å². The summed E-state index contributed by atoms with van der Waals surface area (Å²) in [5.41, 5.74) is 0.317. The highest BCUT2D eigenvalue weighted by Gasteiger charge is 2.12. The number of amides is 1. The van der Waals surface area contributed by atoms with Crippen molar-refractivity contribution in [2.75, 3.05) is 27.9 Å². The van der Waals surface area contributed by atoms with E-state index in [2.05, 4.69) is 10.1 Å². The quantitative estimate of drug-likeness (QED) is 0.719. The van der Waals surface area contributed by atoms with E-state index in [0.29, 0.717) is 17.1 Å². The van der Waals surface area contributed by atoms with E-state index in [0.717, 1.165) is 0 Å². The first-order valence-corrected chi connectivity index (χ1v) is 6.60. The molecule has 1 aromatic rings. The molecule has 0 radical (unpaired) electrons. The smallest absolute Gasteiger partial charge is 0.305 e. The minimum Gasteiger partial charge on any atom is -0.497 e. The number of nitrogens with one attached hydrogen (secondary N) is 1.